The highest BCUT2D eigenvalue weighted by Crippen LogP contribution is 2.23. The Hall–Kier alpha value is -4.46. The smallest absolute Gasteiger partial charge is 0.282 e. The van der Waals surface area contributed by atoms with Crippen molar-refractivity contribution in [3.63, 3.8) is 0 Å². The summed E-state index contributed by atoms with van der Waals surface area (Å²) in [6, 6.07) is 18.8. The summed E-state index contributed by atoms with van der Waals surface area (Å²) in [5.41, 5.74) is 2.49. The Morgan fingerprint density at radius 3 is 2.17 bits per heavy atom. The molecule has 0 aromatic heterocycles. The van der Waals surface area contributed by atoms with Gasteiger partial charge in [-0.15, -0.1) is 0 Å². The minimum Gasteiger partial charge on any atom is -0.356 e. The molecule has 2 amide bonds. The molecule has 2 aromatic carbocycles. The zero-order chi connectivity index (χ0) is 24.4. The molecule has 35 heavy (non-hydrogen) atoms. The molecule has 8 heteroatoms. The number of carbonyl (C=O) groups excluding carboxylic acids is 2. The molecule has 1 saturated heterocycles. The molecule has 3 aliphatic rings. The highest BCUT2D eigenvalue weighted by atomic mass is 16.2. The fourth-order valence-corrected chi connectivity index (χ4v) is 4.27. The number of aromatic nitrogens is 3. The molecule has 1 fully saturated rings. The fraction of sp³-hybridized carbons (Fsp3) is 0.185. The van der Waals surface area contributed by atoms with E-state index in [1.807, 2.05) is 48.5 Å². The van der Waals surface area contributed by atoms with Gasteiger partial charge in [0.1, 0.15) is 5.69 Å². The number of piperazine rings is 1. The lowest BCUT2D eigenvalue weighted by atomic mass is 10.1. The highest BCUT2D eigenvalue weighted by molar-refractivity contribution is 6.00. The van der Waals surface area contributed by atoms with Crippen LogP contribution in [-0.4, -0.2) is 62.1 Å². The van der Waals surface area contributed by atoms with Crippen molar-refractivity contribution in [3.8, 4) is 16.9 Å². The second kappa shape index (κ2) is 9.42. The number of aryl methyl sites for hydroxylation is 1. The van der Waals surface area contributed by atoms with Crippen LogP contribution in [0.2, 0.25) is 0 Å². The average Bonchev–Trinajstić information content (AvgIpc) is 3.23. The number of fused-ring (bicyclic) bond motifs is 1. The van der Waals surface area contributed by atoms with Crippen LogP contribution < -0.4 is 5.56 Å². The Morgan fingerprint density at radius 2 is 1.49 bits per heavy atom. The molecule has 0 N–H and O–H groups in total. The van der Waals surface area contributed by atoms with E-state index in [1.54, 1.807) is 58.1 Å². The Bertz CT molecular complexity index is 1410. The Kier molecular flexibility index (Phi) is 6.01. The molecule has 3 heterocycles. The Morgan fingerprint density at radius 1 is 0.857 bits per heavy atom. The van der Waals surface area contributed by atoms with E-state index in [0.29, 0.717) is 48.7 Å². The van der Waals surface area contributed by atoms with Gasteiger partial charge < -0.3 is 14.4 Å². The van der Waals surface area contributed by atoms with Crippen molar-refractivity contribution in [1.29, 1.82) is 0 Å². The summed E-state index contributed by atoms with van der Waals surface area (Å²) in [6.45, 7) is 1.70. The van der Waals surface area contributed by atoms with E-state index in [1.165, 1.54) is 4.68 Å². The molecule has 3 aliphatic heterocycles. The van der Waals surface area contributed by atoms with E-state index in [4.69, 9.17) is 0 Å². The summed E-state index contributed by atoms with van der Waals surface area (Å²) in [5.74, 6) is -0.275. The van der Waals surface area contributed by atoms with E-state index in [9.17, 15) is 14.4 Å². The summed E-state index contributed by atoms with van der Waals surface area (Å²) < 4.78 is 3.04. The molecule has 2 aromatic rings. The van der Waals surface area contributed by atoms with E-state index in [-0.39, 0.29) is 17.4 Å². The van der Waals surface area contributed by atoms with Crippen LogP contribution in [0.3, 0.4) is 0 Å². The number of benzene rings is 2. The molecule has 8 nitrogen and oxygen atoms in total. The first-order valence-corrected chi connectivity index (χ1v) is 11.5. The first kappa shape index (κ1) is 22.3. The lowest BCUT2D eigenvalue weighted by Crippen LogP contribution is -2.50. The summed E-state index contributed by atoms with van der Waals surface area (Å²) in [5, 5.41) is 4.51. The van der Waals surface area contributed by atoms with Crippen molar-refractivity contribution in [3.05, 3.63) is 101 Å². The summed E-state index contributed by atoms with van der Waals surface area (Å²) >= 11 is 0. The average molecular weight is 468 g/mol. The molecule has 0 spiro atoms. The third-order valence-corrected chi connectivity index (χ3v) is 6.13. The maximum absolute atomic E-state index is 13.5. The topological polar surface area (TPSA) is 80.4 Å². The fourth-order valence-electron chi connectivity index (χ4n) is 4.27. The minimum atomic E-state index is -0.267. The predicted molar refractivity (Wildman–Crippen MR) is 133 cm³/mol. The molecule has 0 aliphatic carbocycles. The number of hydrogen-bond donors (Lipinski definition) is 0. The van der Waals surface area contributed by atoms with E-state index in [0.717, 1.165) is 5.56 Å². The van der Waals surface area contributed by atoms with Gasteiger partial charge in [-0.25, -0.2) is 0 Å². The molecular weight excluding hydrogens is 442 g/mol. The summed E-state index contributed by atoms with van der Waals surface area (Å²) in [4.78, 5) is 42.5. The van der Waals surface area contributed by atoms with Crippen LogP contribution in [0.1, 0.15) is 15.9 Å². The number of carbonyl (C=O) groups is 2. The quantitative estimate of drug-likeness (QED) is 0.432. The minimum absolute atomic E-state index is 0.0768. The van der Waals surface area contributed by atoms with E-state index >= 15 is 0 Å². The third-order valence-electron chi connectivity index (χ3n) is 6.13. The summed E-state index contributed by atoms with van der Waals surface area (Å²) in [6.07, 6.45) is 6.76. The zero-order valence-corrected chi connectivity index (χ0v) is 19.4. The van der Waals surface area contributed by atoms with Gasteiger partial charge in [0.2, 0.25) is 5.91 Å². The van der Waals surface area contributed by atoms with Gasteiger partial charge in [-0.1, -0.05) is 48.5 Å². The SMILES string of the molecule is Cn1cc(C(=O)N2CCN(C(=O)/C=C/c3ccccc3)CC2)c2nn(-c3ccccc3)c(=O)c-2c1. The largest absolute Gasteiger partial charge is 0.356 e. The van der Waals surface area contributed by atoms with Crippen LogP contribution in [0.15, 0.2) is 83.9 Å². The van der Waals surface area contributed by atoms with Crippen LogP contribution in [0, 0.1) is 0 Å². The van der Waals surface area contributed by atoms with Gasteiger partial charge in [0.25, 0.3) is 11.5 Å². The number of hydrogen-bond acceptors (Lipinski definition) is 4. The van der Waals surface area contributed by atoms with Crippen molar-refractivity contribution in [1.82, 2.24) is 24.1 Å². The second-order valence-electron chi connectivity index (χ2n) is 8.51. The van der Waals surface area contributed by atoms with Crippen LogP contribution in [0.5, 0.6) is 0 Å². The normalized spacial score (nSPS) is 14.1. The summed E-state index contributed by atoms with van der Waals surface area (Å²) in [7, 11) is 1.78. The molecule has 5 rings (SSSR count). The molecule has 176 valence electrons. The monoisotopic (exact) mass is 467 g/mol. The van der Waals surface area contributed by atoms with Gasteiger partial charge >= 0.3 is 0 Å². The third kappa shape index (κ3) is 4.50. The number of pyridine rings is 1. The molecular formula is C27H25N5O3. The van der Waals surface area contributed by atoms with Crippen molar-refractivity contribution < 1.29 is 9.59 Å². The number of para-hydroxylation sites is 1. The number of nitrogens with zero attached hydrogens (tertiary/aromatic N) is 5. The van der Waals surface area contributed by atoms with Crippen LogP contribution >= 0.6 is 0 Å². The lowest BCUT2D eigenvalue weighted by molar-refractivity contribution is -0.127. The van der Waals surface area contributed by atoms with Crippen LogP contribution in [0.25, 0.3) is 23.0 Å². The second-order valence-corrected chi connectivity index (χ2v) is 8.51. The molecule has 0 saturated carbocycles. The van der Waals surface area contributed by atoms with Gasteiger partial charge in [0, 0.05) is 51.7 Å². The highest BCUT2D eigenvalue weighted by Gasteiger charge is 2.29. The van der Waals surface area contributed by atoms with Gasteiger partial charge in [-0.05, 0) is 23.8 Å². The Balaban J connectivity index is 1.33. The van der Waals surface area contributed by atoms with Crippen molar-refractivity contribution >= 4 is 17.9 Å². The van der Waals surface area contributed by atoms with Gasteiger partial charge in [-0.2, -0.15) is 9.78 Å². The number of rotatable bonds is 4. The van der Waals surface area contributed by atoms with Crippen molar-refractivity contribution in [2.45, 2.75) is 0 Å². The van der Waals surface area contributed by atoms with Gasteiger partial charge in [-0.3, -0.25) is 14.4 Å². The predicted octanol–water partition coefficient (Wildman–Crippen LogP) is 2.67. The first-order valence-electron chi connectivity index (χ1n) is 11.5. The van der Waals surface area contributed by atoms with Crippen LogP contribution in [0.4, 0.5) is 0 Å². The van der Waals surface area contributed by atoms with E-state index in [2.05, 4.69) is 5.10 Å². The molecule has 0 radical (unpaired) electrons. The number of amides is 2. The zero-order valence-electron chi connectivity index (χ0n) is 19.4. The molecule has 0 unspecified atom stereocenters. The maximum Gasteiger partial charge on any atom is 0.282 e. The first-order chi connectivity index (χ1) is 17.0. The molecule has 0 atom stereocenters. The van der Waals surface area contributed by atoms with Crippen molar-refractivity contribution in [2.24, 2.45) is 7.05 Å². The Labute approximate surface area is 202 Å². The van der Waals surface area contributed by atoms with Gasteiger partial charge in [0.15, 0.2) is 0 Å². The van der Waals surface area contributed by atoms with Gasteiger partial charge in [0.05, 0.1) is 16.8 Å². The lowest BCUT2D eigenvalue weighted by Gasteiger charge is -2.34. The standard InChI is InChI=1S/C27H25N5O3/c1-29-18-22(25-23(19-29)27(35)32(28-25)21-10-6-3-7-11-21)26(34)31-16-14-30(15-17-31)24(33)13-12-20-8-4-2-5-9-20/h2-13,18-19H,14-17H2,1H3/b13-12+. The van der Waals surface area contributed by atoms with E-state index < -0.39 is 0 Å². The maximum atomic E-state index is 13.5. The van der Waals surface area contributed by atoms with Crippen LogP contribution in [-0.2, 0) is 11.8 Å². The van der Waals surface area contributed by atoms with Crippen molar-refractivity contribution in [2.75, 3.05) is 26.2 Å². The molecule has 0 bridgehead atoms.